The van der Waals surface area contributed by atoms with Crippen LogP contribution in [0.2, 0.25) is 18.1 Å². The molecule has 0 amide bonds. The number of nitrogens with one attached hydrogen (secondary N) is 1. The van der Waals surface area contributed by atoms with Gasteiger partial charge in [-0.3, -0.25) is 0 Å². The molecule has 1 rings (SSSR count). The van der Waals surface area contributed by atoms with Gasteiger partial charge in [-0.25, -0.2) is 4.98 Å². The molecule has 4 N–H and O–H groups in total. The van der Waals surface area contributed by atoms with Crippen molar-refractivity contribution in [1.82, 2.24) is 4.98 Å². The summed E-state index contributed by atoms with van der Waals surface area (Å²) in [5, 5.41) is 13.1. The third-order valence-electron chi connectivity index (χ3n) is 3.78. The minimum Gasteiger partial charge on any atom is -0.417 e. The molecule has 0 aliphatic carbocycles. The lowest BCUT2D eigenvalue weighted by Gasteiger charge is -2.36. The van der Waals surface area contributed by atoms with Crippen molar-refractivity contribution in [2.24, 2.45) is 0 Å². The van der Waals surface area contributed by atoms with Crippen molar-refractivity contribution in [2.75, 3.05) is 17.7 Å². The molecular formula is C14H27N3O2Si. The molecule has 0 aliphatic heterocycles. The van der Waals surface area contributed by atoms with Crippen LogP contribution in [0.1, 0.15) is 27.2 Å². The first-order valence-electron chi connectivity index (χ1n) is 6.92. The highest BCUT2D eigenvalue weighted by molar-refractivity contribution is 6.74. The summed E-state index contributed by atoms with van der Waals surface area (Å²) in [5.74, 6) is 0.464. The molecule has 0 spiro atoms. The van der Waals surface area contributed by atoms with Crippen molar-refractivity contribution in [2.45, 2.75) is 51.6 Å². The van der Waals surface area contributed by atoms with E-state index in [4.69, 9.17) is 10.2 Å². The average molecular weight is 297 g/mol. The molecule has 0 aliphatic rings. The van der Waals surface area contributed by atoms with Crippen LogP contribution >= 0.6 is 0 Å². The number of aliphatic hydroxyl groups is 1. The Morgan fingerprint density at radius 1 is 1.40 bits per heavy atom. The summed E-state index contributed by atoms with van der Waals surface area (Å²) in [6, 6.07) is 3.49. The Kier molecular flexibility index (Phi) is 5.56. The highest BCUT2D eigenvalue weighted by Crippen LogP contribution is 2.36. The van der Waals surface area contributed by atoms with Crippen LogP contribution in [-0.2, 0) is 4.43 Å². The Morgan fingerprint density at radius 2 is 2.05 bits per heavy atom. The molecule has 1 aromatic rings. The SMILES string of the molecule is CC(C)(C)[Si](C)(C)OCCC(O)Nc1ccc(N)nc1. The van der Waals surface area contributed by atoms with Crippen LogP contribution in [0.3, 0.4) is 0 Å². The number of nitrogen functional groups attached to an aromatic ring is 1. The number of nitrogens with zero attached hydrogens (tertiary/aromatic N) is 1. The summed E-state index contributed by atoms with van der Waals surface area (Å²) in [7, 11) is -1.74. The van der Waals surface area contributed by atoms with Crippen LogP contribution in [-0.4, -0.2) is 31.2 Å². The van der Waals surface area contributed by atoms with E-state index in [1.807, 2.05) is 0 Å². The second kappa shape index (κ2) is 6.56. The van der Waals surface area contributed by atoms with Gasteiger partial charge in [0.25, 0.3) is 0 Å². The second-order valence-corrected chi connectivity index (χ2v) is 11.3. The van der Waals surface area contributed by atoms with Gasteiger partial charge in [0.1, 0.15) is 12.0 Å². The van der Waals surface area contributed by atoms with Gasteiger partial charge in [-0.05, 0) is 30.3 Å². The molecule has 114 valence electrons. The first-order chi connectivity index (χ1) is 9.12. The number of hydrogen-bond acceptors (Lipinski definition) is 5. The number of aromatic nitrogens is 1. The predicted octanol–water partition coefficient (Wildman–Crippen LogP) is 2.81. The fourth-order valence-corrected chi connectivity index (χ4v) is 2.46. The van der Waals surface area contributed by atoms with E-state index in [1.165, 1.54) is 0 Å². The van der Waals surface area contributed by atoms with Gasteiger partial charge < -0.3 is 20.6 Å². The maximum Gasteiger partial charge on any atom is 0.191 e. The second-order valence-electron chi connectivity index (χ2n) is 6.53. The van der Waals surface area contributed by atoms with E-state index in [0.29, 0.717) is 18.8 Å². The number of pyridine rings is 1. The van der Waals surface area contributed by atoms with Crippen molar-refractivity contribution in [3.8, 4) is 0 Å². The maximum absolute atomic E-state index is 9.94. The van der Waals surface area contributed by atoms with Crippen LogP contribution in [0.25, 0.3) is 0 Å². The van der Waals surface area contributed by atoms with Gasteiger partial charge in [0, 0.05) is 13.0 Å². The Balaban J connectivity index is 2.37. The molecule has 5 nitrogen and oxygen atoms in total. The summed E-state index contributed by atoms with van der Waals surface area (Å²) < 4.78 is 6.02. The van der Waals surface area contributed by atoms with E-state index in [2.05, 4.69) is 44.2 Å². The van der Waals surface area contributed by atoms with Crippen LogP contribution in [0.15, 0.2) is 18.3 Å². The molecule has 0 saturated carbocycles. The van der Waals surface area contributed by atoms with Crippen LogP contribution < -0.4 is 11.1 Å². The highest BCUT2D eigenvalue weighted by Gasteiger charge is 2.36. The summed E-state index contributed by atoms with van der Waals surface area (Å²) in [4.78, 5) is 3.96. The van der Waals surface area contributed by atoms with E-state index >= 15 is 0 Å². The van der Waals surface area contributed by atoms with E-state index < -0.39 is 14.5 Å². The summed E-state index contributed by atoms with van der Waals surface area (Å²) in [6.45, 7) is 11.6. The Hall–Kier alpha value is -1.11. The Morgan fingerprint density at radius 3 is 2.55 bits per heavy atom. The number of nitrogens with two attached hydrogens (primary N) is 1. The first-order valence-corrected chi connectivity index (χ1v) is 9.83. The maximum atomic E-state index is 9.94. The molecule has 1 heterocycles. The molecular weight excluding hydrogens is 270 g/mol. The summed E-state index contributed by atoms with van der Waals surface area (Å²) in [5.41, 5.74) is 6.26. The molecule has 0 saturated heterocycles. The van der Waals surface area contributed by atoms with E-state index in [9.17, 15) is 5.11 Å². The molecule has 0 aromatic carbocycles. The van der Waals surface area contributed by atoms with Gasteiger partial charge in [0.15, 0.2) is 8.32 Å². The van der Waals surface area contributed by atoms with Crippen molar-refractivity contribution in [1.29, 1.82) is 0 Å². The summed E-state index contributed by atoms with van der Waals surface area (Å²) in [6.07, 6.45) is 1.50. The quantitative estimate of drug-likeness (QED) is 0.556. The van der Waals surface area contributed by atoms with Crippen LogP contribution in [0.5, 0.6) is 0 Å². The zero-order chi connectivity index (χ0) is 15.4. The summed E-state index contributed by atoms with van der Waals surface area (Å²) >= 11 is 0. The molecule has 20 heavy (non-hydrogen) atoms. The predicted molar refractivity (Wildman–Crippen MR) is 86.0 cm³/mol. The smallest absolute Gasteiger partial charge is 0.191 e. The van der Waals surface area contributed by atoms with Crippen LogP contribution in [0.4, 0.5) is 11.5 Å². The van der Waals surface area contributed by atoms with E-state index in [0.717, 1.165) is 5.69 Å². The molecule has 1 atom stereocenters. The monoisotopic (exact) mass is 297 g/mol. The molecule has 6 heteroatoms. The normalized spacial score (nSPS) is 14.1. The fourth-order valence-electron chi connectivity index (χ4n) is 1.40. The minimum atomic E-state index is -1.74. The van der Waals surface area contributed by atoms with Gasteiger partial charge in [0.05, 0.1) is 11.9 Å². The zero-order valence-electron chi connectivity index (χ0n) is 13.1. The van der Waals surface area contributed by atoms with E-state index in [1.54, 1.807) is 18.3 Å². The highest BCUT2D eigenvalue weighted by atomic mass is 28.4. The third kappa shape index (κ3) is 5.11. The standard InChI is InChI=1S/C14H27N3O2Si/c1-14(2,3)20(4,5)19-9-8-13(18)17-11-6-7-12(15)16-10-11/h6-7,10,13,17-18H,8-9H2,1-5H3,(H2,15,16). The Bertz CT molecular complexity index is 415. The minimum absolute atomic E-state index is 0.187. The number of rotatable bonds is 6. The zero-order valence-corrected chi connectivity index (χ0v) is 14.1. The molecule has 1 unspecified atom stereocenters. The fraction of sp³-hybridized carbons (Fsp3) is 0.643. The van der Waals surface area contributed by atoms with Crippen LogP contribution in [0, 0.1) is 0 Å². The average Bonchev–Trinajstić information content (AvgIpc) is 2.30. The van der Waals surface area contributed by atoms with Gasteiger partial charge in [-0.1, -0.05) is 20.8 Å². The van der Waals surface area contributed by atoms with Gasteiger partial charge in [0.2, 0.25) is 0 Å². The molecule has 0 fully saturated rings. The van der Waals surface area contributed by atoms with Gasteiger partial charge in [-0.2, -0.15) is 0 Å². The van der Waals surface area contributed by atoms with Gasteiger partial charge >= 0.3 is 0 Å². The molecule has 0 bridgehead atoms. The lowest BCUT2D eigenvalue weighted by atomic mass is 10.2. The van der Waals surface area contributed by atoms with Gasteiger partial charge in [-0.15, -0.1) is 0 Å². The third-order valence-corrected chi connectivity index (χ3v) is 8.32. The van der Waals surface area contributed by atoms with Crippen molar-refractivity contribution >= 4 is 19.8 Å². The van der Waals surface area contributed by atoms with Crippen molar-refractivity contribution in [3.05, 3.63) is 18.3 Å². The topological polar surface area (TPSA) is 80.4 Å². The largest absolute Gasteiger partial charge is 0.417 e. The lowest BCUT2D eigenvalue weighted by molar-refractivity contribution is 0.157. The number of hydrogen-bond donors (Lipinski definition) is 3. The number of aliphatic hydroxyl groups excluding tert-OH is 1. The number of anilines is 2. The van der Waals surface area contributed by atoms with Crippen molar-refractivity contribution < 1.29 is 9.53 Å². The first kappa shape index (κ1) is 16.9. The van der Waals surface area contributed by atoms with Crippen molar-refractivity contribution in [3.63, 3.8) is 0 Å². The van der Waals surface area contributed by atoms with E-state index in [-0.39, 0.29) is 5.04 Å². The lowest BCUT2D eigenvalue weighted by Crippen LogP contribution is -2.41. The molecule has 0 radical (unpaired) electrons. The Labute approximate surface area is 122 Å². The molecule has 1 aromatic heterocycles.